The smallest absolute Gasteiger partial charge is 0.338 e. The number of hydrogen-bond acceptors (Lipinski definition) is 4. The summed E-state index contributed by atoms with van der Waals surface area (Å²) in [5, 5.41) is 0. The summed E-state index contributed by atoms with van der Waals surface area (Å²) < 4.78 is 4.85. The molecule has 0 aromatic heterocycles. The number of benzene rings is 1. The number of Topliss-reactive ketones (excluding diaryl/α,β-unsaturated/α-hetero) is 1. The summed E-state index contributed by atoms with van der Waals surface area (Å²) in [6.07, 6.45) is 0.848. The van der Waals surface area contributed by atoms with Crippen LogP contribution in [0, 0.1) is 0 Å². The van der Waals surface area contributed by atoms with E-state index in [0.717, 1.165) is 0 Å². The minimum atomic E-state index is -0.485. The topological polar surface area (TPSA) is 60.4 Å². The third-order valence-electron chi connectivity index (χ3n) is 2.12. The van der Waals surface area contributed by atoms with Gasteiger partial charge in [0.25, 0.3) is 0 Å². The Bertz CT molecular complexity index is 449. The van der Waals surface area contributed by atoms with Gasteiger partial charge in [0.1, 0.15) is 12.1 Å². The lowest BCUT2D eigenvalue weighted by Gasteiger charge is -2.05. The Balaban J connectivity index is 3.08. The van der Waals surface area contributed by atoms with E-state index in [1.807, 2.05) is 0 Å². The van der Waals surface area contributed by atoms with Crippen LogP contribution in [0.3, 0.4) is 0 Å². The number of esters is 1. The van der Waals surface area contributed by atoms with Crippen LogP contribution in [-0.2, 0) is 16.0 Å². The molecule has 4 nitrogen and oxygen atoms in total. The quantitative estimate of drug-likeness (QED) is 0.575. The molecule has 0 aliphatic heterocycles. The second-order valence-electron chi connectivity index (χ2n) is 3.68. The summed E-state index contributed by atoms with van der Waals surface area (Å²) in [5.41, 5.74) is 1.31. The van der Waals surface area contributed by atoms with Gasteiger partial charge in [-0.05, 0) is 37.6 Å². The van der Waals surface area contributed by atoms with Crippen molar-refractivity contribution in [3.8, 4) is 0 Å². The fraction of sp³-hybridized carbons (Fsp3) is 0.308. The first-order valence-electron chi connectivity index (χ1n) is 5.32. The summed E-state index contributed by atoms with van der Waals surface area (Å²) in [5.74, 6) is -0.510. The van der Waals surface area contributed by atoms with Crippen molar-refractivity contribution in [2.24, 2.45) is 0 Å². The Labute approximate surface area is 99.6 Å². The molecule has 0 amide bonds. The van der Waals surface area contributed by atoms with Gasteiger partial charge in [-0.15, -0.1) is 0 Å². The van der Waals surface area contributed by atoms with Crippen LogP contribution in [0.15, 0.2) is 18.2 Å². The molecule has 1 aromatic rings. The first-order valence-corrected chi connectivity index (χ1v) is 5.32. The summed E-state index contributed by atoms with van der Waals surface area (Å²) in [6.45, 7) is 3.43. The number of ether oxygens (including phenoxy) is 1. The highest BCUT2D eigenvalue weighted by Gasteiger charge is 2.10. The molecule has 0 unspecified atom stereocenters. The van der Waals surface area contributed by atoms with E-state index in [1.54, 1.807) is 19.1 Å². The average molecular weight is 234 g/mol. The van der Waals surface area contributed by atoms with Gasteiger partial charge in [-0.1, -0.05) is 0 Å². The van der Waals surface area contributed by atoms with Crippen LogP contribution in [0.25, 0.3) is 0 Å². The zero-order valence-electron chi connectivity index (χ0n) is 9.86. The molecule has 17 heavy (non-hydrogen) atoms. The minimum absolute atomic E-state index is 0.0251. The maximum atomic E-state index is 11.5. The van der Waals surface area contributed by atoms with E-state index in [2.05, 4.69) is 0 Å². The van der Waals surface area contributed by atoms with Gasteiger partial charge in [0.05, 0.1) is 12.2 Å². The number of carbonyl (C=O) groups excluding carboxylic acids is 3. The summed E-state index contributed by atoms with van der Waals surface area (Å²) in [4.78, 5) is 33.3. The first-order chi connectivity index (χ1) is 8.06. The third kappa shape index (κ3) is 3.83. The van der Waals surface area contributed by atoms with E-state index < -0.39 is 5.97 Å². The Morgan fingerprint density at radius 3 is 2.53 bits per heavy atom. The SMILES string of the molecule is CCOC(=O)c1cc(C=O)cc(CC(C)=O)c1. The van der Waals surface area contributed by atoms with Crippen molar-refractivity contribution in [2.45, 2.75) is 20.3 Å². The van der Waals surface area contributed by atoms with Gasteiger partial charge in [-0.3, -0.25) is 9.59 Å². The Morgan fingerprint density at radius 1 is 1.29 bits per heavy atom. The summed E-state index contributed by atoms with van der Waals surface area (Å²) in [7, 11) is 0. The van der Waals surface area contributed by atoms with E-state index in [4.69, 9.17) is 4.74 Å². The fourth-order valence-electron chi connectivity index (χ4n) is 1.51. The van der Waals surface area contributed by atoms with E-state index in [9.17, 15) is 14.4 Å². The predicted molar refractivity (Wildman–Crippen MR) is 62.2 cm³/mol. The van der Waals surface area contributed by atoms with Crippen LogP contribution in [0.4, 0.5) is 0 Å². The van der Waals surface area contributed by atoms with Crippen molar-refractivity contribution in [1.29, 1.82) is 0 Å². The van der Waals surface area contributed by atoms with Crippen molar-refractivity contribution in [3.05, 3.63) is 34.9 Å². The molecule has 0 N–H and O–H groups in total. The number of carbonyl (C=O) groups is 3. The number of hydrogen-bond donors (Lipinski definition) is 0. The monoisotopic (exact) mass is 234 g/mol. The third-order valence-corrected chi connectivity index (χ3v) is 2.12. The first kappa shape index (κ1) is 13.1. The fourth-order valence-corrected chi connectivity index (χ4v) is 1.51. The standard InChI is InChI=1S/C13H14O4/c1-3-17-13(16)12-6-10(4-9(2)15)5-11(7-12)8-14/h5-8H,3-4H2,1-2H3. The lowest BCUT2D eigenvalue weighted by Crippen LogP contribution is -2.07. The van der Waals surface area contributed by atoms with Gasteiger partial charge in [0.2, 0.25) is 0 Å². The molecule has 0 saturated carbocycles. The predicted octanol–water partition coefficient (Wildman–Crippen LogP) is 1.81. The van der Waals surface area contributed by atoms with Crippen LogP contribution < -0.4 is 0 Å². The van der Waals surface area contributed by atoms with Gasteiger partial charge in [0, 0.05) is 12.0 Å². The number of aldehydes is 1. The van der Waals surface area contributed by atoms with Crippen molar-refractivity contribution in [2.75, 3.05) is 6.61 Å². The van der Waals surface area contributed by atoms with Crippen LogP contribution in [0.5, 0.6) is 0 Å². The highest BCUT2D eigenvalue weighted by Crippen LogP contribution is 2.11. The molecule has 1 aromatic carbocycles. The van der Waals surface area contributed by atoms with Crippen LogP contribution in [-0.4, -0.2) is 24.6 Å². The van der Waals surface area contributed by atoms with Crippen molar-refractivity contribution < 1.29 is 19.1 Å². The van der Waals surface area contributed by atoms with Crippen molar-refractivity contribution in [3.63, 3.8) is 0 Å². The molecular weight excluding hydrogens is 220 g/mol. The molecule has 90 valence electrons. The minimum Gasteiger partial charge on any atom is -0.462 e. The highest BCUT2D eigenvalue weighted by atomic mass is 16.5. The van der Waals surface area contributed by atoms with Crippen LogP contribution >= 0.6 is 0 Å². The Kier molecular flexibility index (Phi) is 4.57. The molecule has 0 atom stereocenters. The number of ketones is 1. The Hall–Kier alpha value is -1.97. The lowest BCUT2D eigenvalue weighted by molar-refractivity contribution is -0.116. The van der Waals surface area contributed by atoms with Gasteiger partial charge in [-0.2, -0.15) is 0 Å². The van der Waals surface area contributed by atoms with Gasteiger partial charge >= 0.3 is 5.97 Å². The molecule has 0 bridgehead atoms. The van der Waals surface area contributed by atoms with Crippen molar-refractivity contribution in [1.82, 2.24) is 0 Å². The average Bonchev–Trinajstić information content (AvgIpc) is 2.28. The van der Waals surface area contributed by atoms with E-state index >= 15 is 0 Å². The summed E-state index contributed by atoms with van der Waals surface area (Å²) >= 11 is 0. The van der Waals surface area contributed by atoms with Crippen LogP contribution in [0.2, 0.25) is 0 Å². The Morgan fingerprint density at radius 2 is 2.00 bits per heavy atom. The highest BCUT2D eigenvalue weighted by molar-refractivity contribution is 5.92. The zero-order valence-corrected chi connectivity index (χ0v) is 9.86. The second-order valence-corrected chi connectivity index (χ2v) is 3.68. The molecule has 1 rings (SSSR count). The molecular formula is C13H14O4. The molecule has 4 heteroatoms. The molecule has 0 aliphatic rings. The van der Waals surface area contributed by atoms with Gasteiger partial charge < -0.3 is 4.74 Å². The van der Waals surface area contributed by atoms with Crippen molar-refractivity contribution >= 4 is 18.0 Å². The van der Waals surface area contributed by atoms with Gasteiger partial charge in [-0.25, -0.2) is 4.79 Å². The molecule has 0 fully saturated rings. The lowest BCUT2D eigenvalue weighted by atomic mass is 10.0. The largest absolute Gasteiger partial charge is 0.462 e. The van der Waals surface area contributed by atoms with Gasteiger partial charge in [0.15, 0.2) is 0 Å². The normalized spacial score (nSPS) is 9.76. The molecule has 0 spiro atoms. The molecule has 0 radical (unpaired) electrons. The zero-order chi connectivity index (χ0) is 12.8. The maximum absolute atomic E-state index is 11.5. The molecule has 0 heterocycles. The van der Waals surface area contributed by atoms with E-state index in [0.29, 0.717) is 23.0 Å². The number of rotatable bonds is 5. The molecule has 0 aliphatic carbocycles. The molecule has 0 saturated heterocycles. The van der Waals surface area contributed by atoms with E-state index in [-0.39, 0.29) is 18.8 Å². The summed E-state index contributed by atoms with van der Waals surface area (Å²) in [6, 6.07) is 4.62. The van der Waals surface area contributed by atoms with E-state index in [1.165, 1.54) is 13.0 Å². The van der Waals surface area contributed by atoms with Crippen LogP contribution in [0.1, 0.15) is 40.1 Å². The maximum Gasteiger partial charge on any atom is 0.338 e. The second kappa shape index (κ2) is 5.94.